The molecular formula is C17H22N2O3S. The second-order valence-electron chi connectivity index (χ2n) is 5.91. The van der Waals surface area contributed by atoms with Crippen LogP contribution >= 0.6 is 11.8 Å². The van der Waals surface area contributed by atoms with Crippen molar-refractivity contribution >= 4 is 23.6 Å². The lowest BCUT2D eigenvalue weighted by Gasteiger charge is -2.26. The Labute approximate surface area is 141 Å². The van der Waals surface area contributed by atoms with Gasteiger partial charge in [0.1, 0.15) is 5.37 Å². The summed E-state index contributed by atoms with van der Waals surface area (Å²) < 4.78 is 4.72. The van der Waals surface area contributed by atoms with Crippen LogP contribution < -0.4 is 0 Å². The third-order valence-corrected chi connectivity index (χ3v) is 5.70. The summed E-state index contributed by atoms with van der Waals surface area (Å²) in [6.07, 6.45) is 2.53. The first kappa shape index (κ1) is 16.3. The van der Waals surface area contributed by atoms with Gasteiger partial charge in [0.05, 0.1) is 18.4 Å². The summed E-state index contributed by atoms with van der Waals surface area (Å²) in [6, 6.07) is 7.38. The Morgan fingerprint density at radius 1 is 1.22 bits per heavy atom. The van der Waals surface area contributed by atoms with Crippen molar-refractivity contribution < 1.29 is 14.3 Å². The monoisotopic (exact) mass is 334 g/mol. The average Bonchev–Trinajstić information content (AvgIpc) is 3.22. The molecule has 1 aromatic carbocycles. The van der Waals surface area contributed by atoms with Crippen LogP contribution in [-0.2, 0) is 9.53 Å². The van der Waals surface area contributed by atoms with E-state index in [-0.39, 0.29) is 17.3 Å². The SMILES string of the molecule is COC(=O)c1ccc(C2SCC(=O)N2CCN2CCCC2)cc1. The number of hydrogen-bond donors (Lipinski definition) is 0. The van der Waals surface area contributed by atoms with Crippen molar-refractivity contribution in [2.45, 2.75) is 18.2 Å². The normalized spacial score (nSPS) is 21.9. The Morgan fingerprint density at radius 2 is 1.91 bits per heavy atom. The van der Waals surface area contributed by atoms with E-state index in [9.17, 15) is 9.59 Å². The predicted octanol–water partition coefficient (Wildman–Crippen LogP) is 2.14. The summed E-state index contributed by atoms with van der Waals surface area (Å²) in [5.41, 5.74) is 1.60. The maximum absolute atomic E-state index is 12.2. The molecule has 0 spiro atoms. The summed E-state index contributed by atoms with van der Waals surface area (Å²) in [5, 5.41) is 0.0526. The molecule has 1 amide bonds. The van der Waals surface area contributed by atoms with Crippen LogP contribution in [0.4, 0.5) is 0 Å². The molecule has 124 valence electrons. The number of benzene rings is 1. The highest BCUT2D eigenvalue weighted by atomic mass is 32.2. The molecule has 0 aromatic heterocycles. The maximum atomic E-state index is 12.2. The molecule has 2 aliphatic rings. The van der Waals surface area contributed by atoms with E-state index in [1.165, 1.54) is 20.0 Å². The molecular weight excluding hydrogens is 312 g/mol. The Balaban J connectivity index is 1.67. The highest BCUT2D eigenvalue weighted by Gasteiger charge is 2.33. The lowest BCUT2D eigenvalue weighted by Crippen LogP contribution is -2.36. The molecule has 2 aliphatic heterocycles. The van der Waals surface area contributed by atoms with E-state index >= 15 is 0 Å². The molecule has 0 aliphatic carbocycles. The molecule has 0 saturated carbocycles. The van der Waals surface area contributed by atoms with Gasteiger partial charge in [0.2, 0.25) is 5.91 Å². The fourth-order valence-electron chi connectivity index (χ4n) is 3.13. The van der Waals surface area contributed by atoms with Crippen LogP contribution in [0.1, 0.15) is 34.1 Å². The van der Waals surface area contributed by atoms with E-state index in [0.29, 0.717) is 11.3 Å². The summed E-state index contributed by atoms with van der Waals surface area (Å²) in [7, 11) is 1.38. The molecule has 1 atom stereocenters. The number of likely N-dealkylation sites (tertiary alicyclic amines) is 1. The second kappa shape index (κ2) is 7.36. The summed E-state index contributed by atoms with van der Waals surface area (Å²) >= 11 is 1.66. The van der Waals surface area contributed by atoms with Crippen LogP contribution in [0.15, 0.2) is 24.3 Å². The predicted molar refractivity (Wildman–Crippen MR) is 90.4 cm³/mol. The Hall–Kier alpha value is -1.53. The zero-order valence-corrected chi connectivity index (χ0v) is 14.2. The maximum Gasteiger partial charge on any atom is 0.337 e. The Bertz CT molecular complexity index is 570. The molecule has 2 saturated heterocycles. The lowest BCUT2D eigenvalue weighted by molar-refractivity contribution is -0.128. The third-order valence-electron chi connectivity index (χ3n) is 4.44. The second-order valence-corrected chi connectivity index (χ2v) is 6.98. The summed E-state index contributed by atoms with van der Waals surface area (Å²) in [4.78, 5) is 28.1. The molecule has 3 rings (SSSR count). The van der Waals surface area contributed by atoms with E-state index in [1.807, 2.05) is 17.0 Å². The molecule has 6 heteroatoms. The molecule has 0 bridgehead atoms. The van der Waals surface area contributed by atoms with Gasteiger partial charge in [-0.25, -0.2) is 4.79 Å². The van der Waals surface area contributed by atoms with Gasteiger partial charge >= 0.3 is 5.97 Å². The summed E-state index contributed by atoms with van der Waals surface area (Å²) in [6.45, 7) is 4.01. The number of rotatable bonds is 5. The van der Waals surface area contributed by atoms with Gasteiger partial charge in [0.25, 0.3) is 0 Å². The van der Waals surface area contributed by atoms with Gasteiger partial charge < -0.3 is 14.5 Å². The quantitative estimate of drug-likeness (QED) is 0.772. The number of hydrogen-bond acceptors (Lipinski definition) is 5. The molecule has 2 fully saturated rings. The Morgan fingerprint density at radius 3 is 2.57 bits per heavy atom. The molecule has 1 aromatic rings. The van der Waals surface area contributed by atoms with Gasteiger partial charge in [-0.05, 0) is 43.6 Å². The number of ether oxygens (including phenoxy) is 1. The minimum atomic E-state index is -0.336. The van der Waals surface area contributed by atoms with E-state index in [0.717, 1.165) is 31.7 Å². The van der Waals surface area contributed by atoms with Crippen molar-refractivity contribution in [3.63, 3.8) is 0 Å². The van der Waals surface area contributed by atoms with Crippen LogP contribution in [-0.4, -0.2) is 60.7 Å². The number of carbonyl (C=O) groups is 2. The first-order valence-electron chi connectivity index (χ1n) is 8.01. The van der Waals surface area contributed by atoms with Crippen molar-refractivity contribution in [2.75, 3.05) is 39.0 Å². The van der Waals surface area contributed by atoms with Crippen molar-refractivity contribution in [3.8, 4) is 0 Å². The van der Waals surface area contributed by atoms with Crippen LogP contribution in [0, 0.1) is 0 Å². The first-order valence-corrected chi connectivity index (χ1v) is 9.05. The molecule has 0 N–H and O–H groups in total. The number of thioether (sulfide) groups is 1. The lowest BCUT2D eigenvalue weighted by atomic mass is 10.1. The van der Waals surface area contributed by atoms with Crippen LogP contribution in [0.2, 0.25) is 0 Å². The Kier molecular flexibility index (Phi) is 5.23. The van der Waals surface area contributed by atoms with Gasteiger partial charge in [0.15, 0.2) is 0 Å². The minimum absolute atomic E-state index is 0.0526. The number of carbonyl (C=O) groups excluding carboxylic acids is 2. The molecule has 1 unspecified atom stereocenters. The van der Waals surface area contributed by atoms with Crippen LogP contribution in [0.5, 0.6) is 0 Å². The largest absolute Gasteiger partial charge is 0.465 e. The van der Waals surface area contributed by atoms with E-state index < -0.39 is 0 Å². The van der Waals surface area contributed by atoms with Gasteiger partial charge in [-0.15, -0.1) is 11.8 Å². The number of methoxy groups -OCH3 is 1. The fourth-order valence-corrected chi connectivity index (χ4v) is 4.35. The molecule has 23 heavy (non-hydrogen) atoms. The van der Waals surface area contributed by atoms with Crippen molar-refractivity contribution in [2.24, 2.45) is 0 Å². The van der Waals surface area contributed by atoms with E-state index in [1.54, 1.807) is 23.9 Å². The highest BCUT2D eigenvalue weighted by molar-refractivity contribution is 8.00. The van der Waals surface area contributed by atoms with Crippen molar-refractivity contribution in [3.05, 3.63) is 35.4 Å². The zero-order valence-electron chi connectivity index (χ0n) is 13.4. The topological polar surface area (TPSA) is 49.9 Å². The van der Waals surface area contributed by atoms with Gasteiger partial charge in [-0.2, -0.15) is 0 Å². The van der Waals surface area contributed by atoms with Gasteiger partial charge in [-0.3, -0.25) is 4.79 Å². The standard InChI is InChI=1S/C17H22N2O3S/c1-22-17(21)14-6-4-13(5-7-14)16-19(15(20)12-23-16)11-10-18-8-2-3-9-18/h4-7,16H,2-3,8-12H2,1H3. The fraction of sp³-hybridized carbons (Fsp3) is 0.529. The smallest absolute Gasteiger partial charge is 0.337 e. The average molecular weight is 334 g/mol. The number of nitrogens with zero attached hydrogens (tertiary/aromatic N) is 2. The number of esters is 1. The minimum Gasteiger partial charge on any atom is -0.465 e. The van der Waals surface area contributed by atoms with Crippen LogP contribution in [0.3, 0.4) is 0 Å². The van der Waals surface area contributed by atoms with Crippen LogP contribution in [0.25, 0.3) is 0 Å². The molecule has 0 radical (unpaired) electrons. The van der Waals surface area contributed by atoms with E-state index in [2.05, 4.69) is 4.90 Å². The van der Waals surface area contributed by atoms with Crippen molar-refractivity contribution in [1.29, 1.82) is 0 Å². The zero-order chi connectivity index (χ0) is 16.2. The third kappa shape index (κ3) is 3.70. The number of amides is 1. The van der Waals surface area contributed by atoms with Gasteiger partial charge in [0, 0.05) is 13.1 Å². The highest BCUT2D eigenvalue weighted by Crippen LogP contribution is 2.38. The molecule has 5 nitrogen and oxygen atoms in total. The van der Waals surface area contributed by atoms with Gasteiger partial charge in [-0.1, -0.05) is 12.1 Å². The summed E-state index contributed by atoms with van der Waals surface area (Å²) in [5.74, 6) is 0.400. The molecule has 2 heterocycles. The van der Waals surface area contributed by atoms with Crippen molar-refractivity contribution in [1.82, 2.24) is 9.80 Å². The van der Waals surface area contributed by atoms with E-state index in [4.69, 9.17) is 4.74 Å². The first-order chi connectivity index (χ1) is 11.2.